The van der Waals surface area contributed by atoms with Gasteiger partial charge in [0, 0.05) is 30.8 Å². The van der Waals surface area contributed by atoms with Crippen molar-refractivity contribution in [3.63, 3.8) is 0 Å². The molecule has 0 saturated heterocycles. The van der Waals surface area contributed by atoms with Gasteiger partial charge in [-0.2, -0.15) is 0 Å². The molecule has 1 aromatic rings. The van der Waals surface area contributed by atoms with Gasteiger partial charge in [-0.3, -0.25) is 15.0 Å². The van der Waals surface area contributed by atoms with Gasteiger partial charge in [0.25, 0.3) is 0 Å². The van der Waals surface area contributed by atoms with Crippen LogP contribution in [-0.2, 0) is 6.42 Å². The molecular weight excluding hydrogens is 255 g/mol. The topological polar surface area (TPSA) is 64.2 Å². The van der Waals surface area contributed by atoms with Crippen molar-refractivity contribution < 1.29 is 0 Å². The maximum atomic E-state index is 5.56. The second-order valence-electron chi connectivity index (χ2n) is 2.83. The van der Waals surface area contributed by atoms with Crippen LogP contribution in [0.1, 0.15) is 5.69 Å². The van der Waals surface area contributed by atoms with E-state index in [1.807, 2.05) is 0 Å². The summed E-state index contributed by atoms with van der Waals surface area (Å²) in [5.74, 6) is 0.961. The van der Waals surface area contributed by atoms with Crippen LogP contribution in [-0.4, -0.2) is 26.9 Å². The van der Waals surface area contributed by atoms with Crippen molar-refractivity contribution in [2.24, 2.45) is 10.7 Å². The molecule has 0 saturated carbocycles. The van der Waals surface area contributed by atoms with E-state index >= 15 is 0 Å². The highest BCUT2D eigenvalue weighted by molar-refractivity contribution is 8.14. The lowest BCUT2D eigenvalue weighted by Gasteiger charge is -2.02. The first-order chi connectivity index (χ1) is 6.34. The van der Waals surface area contributed by atoms with Crippen molar-refractivity contribution >= 4 is 41.7 Å². The molecule has 0 amide bonds. The van der Waals surface area contributed by atoms with Gasteiger partial charge in [-0.1, -0.05) is 11.8 Å². The molecule has 84 valence electrons. The van der Waals surface area contributed by atoms with Gasteiger partial charge in [0.1, 0.15) is 0 Å². The van der Waals surface area contributed by atoms with E-state index in [0.29, 0.717) is 5.17 Å². The minimum Gasteiger partial charge on any atom is -0.379 e. The molecule has 1 atom stereocenters. The van der Waals surface area contributed by atoms with Gasteiger partial charge in [-0.05, 0) is 0 Å². The molecule has 0 aromatic carbocycles. The molecule has 1 aliphatic heterocycles. The predicted octanol–water partition coefficient (Wildman–Crippen LogP) is 1.29. The molecule has 1 aromatic heterocycles. The second-order valence-corrected chi connectivity index (χ2v) is 3.87. The van der Waals surface area contributed by atoms with Gasteiger partial charge in [0.2, 0.25) is 0 Å². The van der Waals surface area contributed by atoms with Crippen LogP contribution in [0.4, 0.5) is 0 Å². The van der Waals surface area contributed by atoms with E-state index in [1.54, 1.807) is 30.4 Å². The smallest absolute Gasteiger partial charge is 0.154 e. The summed E-state index contributed by atoms with van der Waals surface area (Å²) >= 11 is 1.60. The summed E-state index contributed by atoms with van der Waals surface area (Å²) in [6.07, 6.45) is 5.98. The van der Waals surface area contributed by atoms with Crippen molar-refractivity contribution in [2.45, 2.75) is 12.5 Å². The van der Waals surface area contributed by atoms with Crippen LogP contribution in [0, 0.1) is 0 Å². The largest absolute Gasteiger partial charge is 0.379 e. The molecular formula is C8H12Cl2N4S. The predicted molar refractivity (Wildman–Crippen MR) is 68.1 cm³/mol. The normalized spacial score (nSPS) is 18.7. The zero-order valence-electron chi connectivity index (χ0n) is 7.87. The highest BCUT2D eigenvalue weighted by Gasteiger charge is 2.16. The first-order valence-electron chi connectivity index (χ1n) is 4.05. The van der Waals surface area contributed by atoms with E-state index in [1.165, 1.54) is 0 Å². The average Bonchev–Trinajstić information content (AvgIpc) is 2.53. The van der Waals surface area contributed by atoms with Gasteiger partial charge in [0.05, 0.1) is 11.7 Å². The van der Waals surface area contributed by atoms with Crippen LogP contribution in [0.25, 0.3) is 0 Å². The third-order valence-corrected chi connectivity index (χ3v) is 2.75. The van der Waals surface area contributed by atoms with Crippen molar-refractivity contribution in [2.75, 3.05) is 5.75 Å². The van der Waals surface area contributed by atoms with Gasteiger partial charge >= 0.3 is 0 Å². The Bertz CT molecular complexity index is 320. The lowest BCUT2D eigenvalue weighted by molar-refractivity contribution is 0.740. The molecule has 0 fully saturated rings. The minimum atomic E-state index is 0. The van der Waals surface area contributed by atoms with E-state index in [-0.39, 0.29) is 30.9 Å². The summed E-state index contributed by atoms with van der Waals surface area (Å²) in [5, 5.41) is 0.689. The third-order valence-electron chi connectivity index (χ3n) is 1.79. The van der Waals surface area contributed by atoms with Crippen molar-refractivity contribution in [3.8, 4) is 0 Å². The Hall–Kier alpha value is -0.520. The van der Waals surface area contributed by atoms with Crippen LogP contribution in [0.3, 0.4) is 0 Å². The van der Waals surface area contributed by atoms with Crippen molar-refractivity contribution in [1.82, 2.24) is 9.97 Å². The number of aliphatic imine (C=N–C) groups is 1. The highest BCUT2D eigenvalue weighted by Crippen LogP contribution is 2.17. The molecule has 2 heterocycles. The Morgan fingerprint density at radius 1 is 1.40 bits per heavy atom. The lowest BCUT2D eigenvalue weighted by Crippen LogP contribution is -2.09. The maximum absolute atomic E-state index is 5.56. The molecule has 0 spiro atoms. The Balaban J connectivity index is 0.000000980. The van der Waals surface area contributed by atoms with E-state index in [2.05, 4.69) is 15.0 Å². The van der Waals surface area contributed by atoms with Crippen LogP contribution in [0.2, 0.25) is 0 Å². The first kappa shape index (κ1) is 14.5. The molecule has 1 aliphatic rings. The van der Waals surface area contributed by atoms with Gasteiger partial charge in [0.15, 0.2) is 5.17 Å². The fourth-order valence-corrected chi connectivity index (χ4v) is 2.00. The number of aromatic nitrogens is 2. The van der Waals surface area contributed by atoms with Crippen LogP contribution >= 0.6 is 36.6 Å². The maximum Gasteiger partial charge on any atom is 0.154 e. The molecule has 2 rings (SSSR count). The second kappa shape index (κ2) is 6.87. The zero-order valence-corrected chi connectivity index (χ0v) is 10.3. The summed E-state index contributed by atoms with van der Waals surface area (Å²) in [5.41, 5.74) is 6.53. The zero-order chi connectivity index (χ0) is 9.10. The third kappa shape index (κ3) is 4.24. The average molecular weight is 267 g/mol. The Labute approximate surface area is 105 Å². The van der Waals surface area contributed by atoms with E-state index in [9.17, 15) is 0 Å². The standard InChI is InChI=1S/C8H10N4S.2ClH/c9-8-12-7(5-13-8)3-6-4-10-1-2-11-6;;/h1-2,4,7H,3,5H2,(H2,9,12);2*1H/t7-;;/m0../s1. The molecule has 0 unspecified atom stereocenters. The number of amidine groups is 1. The molecule has 4 nitrogen and oxygen atoms in total. The number of hydrogen-bond donors (Lipinski definition) is 1. The van der Waals surface area contributed by atoms with Gasteiger partial charge in [-0.15, -0.1) is 24.8 Å². The van der Waals surface area contributed by atoms with E-state index < -0.39 is 0 Å². The monoisotopic (exact) mass is 266 g/mol. The number of nitrogens with zero attached hydrogens (tertiary/aromatic N) is 3. The summed E-state index contributed by atoms with van der Waals surface area (Å²) < 4.78 is 0. The number of rotatable bonds is 2. The lowest BCUT2D eigenvalue weighted by atomic mass is 10.2. The van der Waals surface area contributed by atoms with Crippen molar-refractivity contribution in [3.05, 3.63) is 24.3 Å². The Morgan fingerprint density at radius 3 is 2.73 bits per heavy atom. The van der Waals surface area contributed by atoms with Crippen LogP contribution in [0.5, 0.6) is 0 Å². The summed E-state index contributed by atoms with van der Waals surface area (Å²) in [6, 6.07) is 0.279. The Kier molecular flexibility index (Phi) is 6.63. The SMILES string of the molecule is Cl.Cl.NC1=N[C@@H](Cc2cnccn2)CS1. The summed E-state index contributed by atoms with van der Waals surface area (Å²) in [6.45, 7) is 0. The van der Waals surface area contributed by atoms with Gasteiger partial charge in [-0.25, -0.2) is 0 Å². The summed E-state index contributed by atoms with van der Waals surface area (Å²) in [7, 11) is 0. The molecule has 0 bridgehead atoms. The number of thioether (sulfide) groups is 1. The fraction of sp³-hybridized carbons (Fsp3) is 0.375. The van der Waals surface area contributed by atoms with E-state index in [4.69, 9.17) is 5.73 Å². The first-order valence-corrected chi connectivity index (χ1v) is 5.04. The molecule has 7 heteroatoms. The van der Waals surface area contributed by atoms with Crippen molar-refractivity contribution in [1.29, 1.82) is 0 Å². The Morgan fingerprint density at radius 2 is 2.20 bits per heavy atom. The molecule has 15 heavy (non-hydrogen) atoms. The molecule has 0 radical (unpaired) electrons. The molecule has 2 N–H and O–H groups in total. The minimum absolute atomic E-state index is 0. The highest BCUT2D eigenvalue weighted by atomic mass is 35.5. The number of halogens is 2. The van der Waals surface area contributed by atoms with E-state index in [0.717, 1.165) is 17.9 Å². The quantitative estimate of drug-likeness (QED) is 0.877. The number of nitrogens with two attached hydrogens (primary N) is 1. The summed E-state index contributed by atoms with van der Waals surface area (Å²) in [4.78, 5) is 12.5. The van der Waals surface area contributed by atoms with Gasteiger partial charge < -0.3 is 5.73 Å². The fourth-order valence-electron chi connectivity index (χ4n) is 1.22. The van der Waals surface area contributed by atoms with Crippen LogP contribution in [0.15, 0.2) is 23.6 Å². The van der Waals surface area contributed by atoms with Crippen LogP contribution < -0.4 is 5.73 Å². The molecule has 0 aliphatic carbocycles. The number of hydrogen-bond acceptors (Lipinski definition) is 5.